The number of fused-ring (bicyclic) bond motifs is 1. The van der Waals surface area contributed by atoms with Crippen molar-refractivity contribution in [2.24, 2.45) is 0 Å². The number of aliphatic hydroxyl groups excluding tert-OH is 1. The minimum atomic E-state index is -0.632. The molecule has 2 aromatic carbocycles. The number of carbonyl (C=O) groups excluding carboxylic acids is 2. The third kappa shape index (κ3) is 4.22. The van der Waals surface area contributed by atoms with Crippen molar-refractivity contribution in [3.05, 3.63) is 65.0 Å². The van der Waals surface area contributed by atoms with Crippen molar-refractivity contribution in [1.82, 2.24) is 9.80 Å². The molecule has 2 aliphatic heterocycles. The van der Waals surface area contributed by atoms with Crippen LogP contribution in [0.5, 0.6) is 0 Å². The normalized spacial score (nSPS) is 17.7. The highest BCUT2D eigenvalue weighted by molar-refractivity contribution is 5.94. The van der Waals surface area contributed by atoms with Gasteiger partial charge in [-0.1, -0.05) is 18.2 Å². The van der Waals surface area contributed by atoms with Crippen molar-refractivity contribution < 1.29 is 19.1 Å². The van der Waals surface area contributed by atoms with Gasteiger partial charge in [-0.05, 0) is 41.8 Å². The van der Waals surface area contributed by atoms with Gasteiger partial charge in [-0.25, -0.2) is 4.39 Å². The first kappa shape index (κ1) is 20.5. The number of hydrogen-bond donors (Lipinski definition) is 1. The van der Waals surface area contributed by atoms with Crippen LogP contribution in [0.3, 0.4) is 0 Å². The number of amides is 2. The van der Waals surface area contributed by atoms with E-state index in [2.05, 4.69) is 4.90 Å². The Bertz CT molecular complexity index is 956. The first-order valence-corrected chi connectivity index (χ1v) is 10.3. The van der Waals surface area contributed by atoms with Gasteiger partial charge >= 0.3 is 0 Å². The molecule has 7 heteroatoms. The summed E-state index contributed by atoms with van der Waals surface area (Å²) >= 11 is 0. The smallest absolute Gasteiger partial charge is 0.254 e. The van der Waals surface area contributed by atoms with E-state index in [1.165, 1.54) is 12.1 Å². The minimum Gasteiger partial charge on any atom is -0.387 e. The average Bonchev–Trinajstić information content (AvgIpc) is 3.17. The molecule has 2 heterocycles. The fourth-order valence-corrected chi connectivity index (χ4v) is 4.24. The molecule has 0 spiro atoms. The molecule has 1 unspecified atom stereocenters. The number of aliphatic hydroxyl groups is 1. The number of benzene rings is 2. The number of piperazine rings is 1. The number of β-amino-alcohol motifs (C(OH)–C–C–N with tert-alkyl or cyclic N) is 1. The van der Waals surface area contributed by atoms with Crippen LogP contribution >= 0.6 is 0 Å². The molecule has 30 heavy (non-hydrogen) atoms. The molecule has 0 aromatic heterocycles. The lowest BCUT2D eigenvalue weighted by Crippen LogP contribution is -2.49. The summed E-state index contributed by atoms with van der Waals surface area (Å²) in [5.41, 5.74) is 3.23. The van der Waals surface area contributed by atoms with Crippen molar-refractivity contribution in [3.8, 4) is 0 Å². The molecule has 0 bridgehead atoms. The summed E-state index contributed by atoms with van der Waals surface area (Å²) in [7, 11) is 0. The number of hydrogen-bond acceptors (Lipinski definition) is 4. The van der Waals surface area contributed by atoms with Crippen LogP contribution < -0.4 is 4.90 Å². The fourth-order valence-electron chi connectivity index (χ4n) is 4.24. The second-order valence-corrected chi connectivity index (χ2v) is 7.93. The average molecular weight is 411 g/mol. The Morgan fingerprint density at radius 2 is 1.83 bits per heavy atom. The van der Waals surface area contributed by atoms with Crippen LogP contribution in [-0.4, -0.2) is 66.0 Å². The molecule has 6 nitrogen and oxygen atoms in total. The van der Waals surface area contributed by atoms with Crippen LogP contribution in [0, 0.1) is 5.82 Å². The Kier molecular flexibility index (Phi) is 5.83. The Hall–Kier alpha value is -2.77. The standard InChI is InChI=1S/C23H26FN3O3/c1-16(28)27-8-7-17-13-18(5-6-21(17)27)22(29)15-25-9-11-26(12-10-25)23(30)19-3-2-4-20(24)14-19/h2-6,13-14,22,29H,7-12,15H2,1H3. The summed E-state index contributed by atoms with van der Waals surface area (Å²) in [5, 5.41) is 10.7. The third-order valence-corrected chi connectivity index (χ3v) is 5.93. The van der Waals surface area contributed by atoms with E-state index in [1.807, 2.05) is 18.2 Å². The van der Waals surface area contributed by atoms with E-state index in [1.54, 1.807) is 28.9 Å². The molecular formula is C23H26FN3O3. The van der Waals surface area contributed by atoms with Gasteiger partial charge in [0, 0.05) is 57.4 Å². The lowest BCUT2D eigenvalue weighted by Gasteiger charge is -2.35. The molecular weight excluding hydrogens is 385 g/mol. The summed E-state index contributed by atoms with van der Waals surface area (Å²) in [6, 6.07) is 11.6. The Labute approximate surface area is 175 Å². The molecule has 0 saturated carbocycles. The van der Waals surface area contributed by atoms with Crippen LogP contribution in [0.4, 0.5) is 10.1 Å². The van der Waals surface area contributed by atoms with E-state index >= 15 is 0 Å². The molecule has 2 aliphatic rings. The zero-order valence-electron chi connectivity index (χ0n) is 17.1. The number of nitrogens with zero attached hydrogens (tertiary/aromatic N) is 3. The first-order valence-electron chi connectivity index (χ1n) is 10.3. The molecule has 1 atom stereocenters. The summed E-state index contributed by atoms with van der Waals surface area (Å²) < 4.78 is 13.4. The molecule has 0 aliphatic carbocycles. The van der Waals surface area contributed by atoms with Crippen LogP contribution in [0.15, 0.2) is 42.5 Å². The topological polar surface area (TPSA) is 64.1 Å². The van der Waals surface area contributed by atoms with Gasteiger partial charge < -0.3 is 14.9 Å². The first-order chi connectivity index (χ1) is 14.4. The second-order valence-electron chi connectivity index (χ2n) is 7.93. The summed E-state index contributed by atoms with van der Waals surface area (Å²) in [6.07, 6.45) is 0.170. The van der Waals surface area contributed by atoms with Crippen LogP contribution in [0.1, 0.15) is 34.5 Å². The Morgan fingerprint density at radius 3 is 2.53 bits per heavy atom. The maximum absolute atomic E-state index is 13.4. The number of anilines is 1. The summed E-state index contributed by atoms with van der Waals surface area (Å²) in [5.74, 6) is -0.542. The van der Waals surface area contributed by atoms with Gasteiger partial charge in [0.1, 0.15) is 5.82 Å². The lowest BCUT2D eigenvalue weighted by molar-refractivity contribution is -0.116. The molecule has 1 fully saturated rings. The van der Waals surface area contributed by atoms with Gasteiger partial charge in [-0.3, -0.25) is 14.5 Å². The van der Waals surface area contributed by atoms with E-state index in [9.17, 15) is 19.1 Å². The SMILES string of the molecule is CC(=O)N1CCc2cc(C(O)CN3CCN(C(=O)c4cccc(F)c4)CC3)ccc21. The van der Waals surface area contributed by atoms with Crippen molar-refractivity contribution in [2.75, 3.05) is 44.2 Å². The predicted molar refractivity (Wildman–Crippen MR) is 112 cm³/mol. The third-order valence-electron chi connectivity index (χ3n) is 5.93. The van der Waals surface area contributed by atoms with Crippen molar-refractivity contribution >= 4 is 17.5 Å². The summed E-state index contributed by atoms with van der Waals surface area (Å²) in [6.45, 7) is 5.13. The highest BCUT2D eigenvalue weighted by Crippen LogP contribution is 2.31. The number of halogens is 1. The Balaban J connectivity index is 1.33. The monoisotopic (exact) mass is 411 g/mol. The Morgan fingerprint density at radius 1 is 1.07 bits per heavy atom. The van der Waals surface area contributed by atoms with Crippen LogP contribution in [0.25, 0.3) is 0 Å². The van der Waals surface area contributed by atoms with E-state index in [0.29, 0.717) is 44.8 Å². The molecule has 0 radical (unpaired) electrons. The van der Waals surface area contributed by atoms with Gasteiger partial charge in [0.15, 0.2) is 0 Å². The molecule has 1 saturated heterocycles. The maximum Gasteiger partial charge on any atom is 0.254 e. The van der Waals surface area contributed by atoms with Crippen molar-refractivity contribution in [3.63, 3.8) is 0 Å². The molecule has 4 rings (SSSR count). The molecule has 2 amide bonds. The number of rotatable bonds is 4. The molecule has 2 aromatic rings. The molecule has 158 valence electrons. The van der Waals surface area contributed by atoms with Gasteiger partial charge in [-0.2, -0.15) is 0 Å². The number of carbonyl (C=O) groups is 2. The van der Waals surface area contributed by atoms with Crippen molar-refractivity contribution in [2.45, 2.75) is 19.4 Å². The zero-order valence-corrected chi connectivity index (χ0v) is 17.1. The van der Waals surface area contributed by atoms with E-state index in [-0.39, 0.29) is 11.8 Å². The fraction of sp³-hybridized carbons (Fsp3) is 0.391. The summed E-state index contributed by atoms with van der Waals surface area (Å²) in [4.78, 5) is 29.9. The van der Waals surface area contributed by atoms with Crippen molar-refractivity contribution in [1.29, 1.82) is 0 Å². The lowest BCUT2D eigenvalue weighted by atomic mass is 10.0. The minimum absolute atomic E-state index is 0.0349. The highest BCUT2D eigenvalue weighted by atomic mass is 19.1. The highest BCUT2D eigenvalue weighted by Gasteiger charge is 2.26. The second kappa shape index (κ2) is 8.53. The largest absolute Gasteiger partial charge is 0.387 e. The van der Waals surface area contributed by atoms with Gasteiger partial charge in [0.25, 0.3) is 5.91 Å². The predicted octanol–water partition coefficient (Wildman–Crippen LogP) is 2.23. The van der Waals surface area contributed by atoms with Gasteiger partial charge in [0.2, 0.25) is 5.91 Å². The van der Waals surface area contributed by atoms with Crippen LogP contribution in [-0.2, 0) is 11.2 Å². The van der Waals surface area contributed by atoms with Gasteiger partial charge in [0.05, 0.1) is 6.10 Å². The van der Waals surface area contributed by atoms with E-state index < -0.39 is 11.9 Å². The maximum atomic E-state index is 13.4. The zero-order chi connectivity index (χ0) is 21.3. The van der Waals surface area contributed by atoms with E-state index in [0.717, 1.165) is 23.2 Å². The molecule has 1 N–H and O–H groups in total. The van der Waals surface area contributed by atoms with Crippen LogP contribution in [0.2, 0.25) is 0 Å². The quantitative estimate of drug-likeness (QED) is 0.838. The van der Waals surface area contributed by atoms with E-state index in [4.69, 9.17) is 0 Å². The van der Waals surface area contributed by atoms with Gasteiger partial charge in [-0.15, -0.1) is 0 Å².